The SMILES string of the molecule is CNC(C)C(=O)N[C@H]1Cc2ccc(OC)cc2[C@H]2CC(C)(C)C(C(=O)NC(c3ccccc3)c3ccccc3)N2C1=O.Cl. The van der Waals surface area contributed by atoms with Gasteiger partial charge in [-0.2, -0.15) is 0 Å². The van der Waals surface area contributed by atoms with E-state index >= 15 is 0 Å². The third kappa shape index (κ3) is 6.40. The van der Waals surface area contributed by atoms with Crippen LogP contribution in [-0.2, 0) is 20.8 Å². The molecule has 3 amide bonds. The normalized spacial score (nSPS) is 21.1. The Kier molecular flexibility index (Phi) is 9.82. The first-order chi connectivity index (χ1) is 20.1. The average Bonchev–Trinajstić information content (AvgIpc) is 3.24. The second kappa shape index (κ2) is 13.2. The molecule has 0 bridgehead atoms. The monoisotopic (exact) mass is 604 g/mol. The van der Waals surface area contributed by atoms with Crippen molar-refractivity contribution >= 4 is 30.1 Å². The number of methoxy groups -OCH3 is 1. The second-order valence-electron chi connectivity index (χ2n) is 12.0. The first-order valence-corrected chi connectivity index (χ1v) is 14.5. The van der Waals surface area contributed by atoms with Crippen molar-refractivity contribution in [2.45, 2.75) is 63.8 Å². The number of rotatable bonds is 8. The van der Waals surface area contributed by atoms with Crippen LogP contribution in [-0.4, -0.2) is 54.9 Å². The Labute approximate surface area is 260 Å². The second-order valence-corrected chi connectivity index (χ2v) is 12.0. The predicted molar refractivity (Wildman–Crippen MR) is 169 cm³/mol. The van der Waals surface area contributed by atoms with Gasteiger partial charge in [-0.15, -0.1) is 12.4 Å². The number of nitrogens with one attached hydrogen (secondary N) is 3. The number of carbonyl (C=O) groups is 3. The van der Waals surface area contributed by atoms with E-state index in [1.165, 1.54) is 0 Å². The van der Waals surface area contributed by atoms with E-state index in [2.05, 4.69) is 16.0 Å². The van der Waals surface area contributed by atoms with Crippen molar-refractivity contribution in [3.8, 4) is 5.75 Å². The molecule has 0 aliphatic carbocycles. The van der Waals surface area contributed by atoms with Gasteiger partial charge < -0.3 is 25.6 Å². The molecule has 2 unspecified atom stereocenters. The highest BCUT2D eigenvalue weighted by atomic mass is 35.5. The third-order valence-corrected chi connectivity index (χ3v) is 8.71. The lowest BCUT2D eigenvalue weighted by molar-refractivity contribution is -0.145. The standard InChI is InChI=1S/C34H40N4O4.ClH/c1-21(35-4)31(39)36-27-18-24-16-17-25(42-5)19-26(24)28-20-34(2,3)30(38(28)33(27)41)32(40)37-29(22-12-8-6-9-13-22)23-14-10-7-11-15-23;/h6-17,19,21,27-30,35H,18,20H2,1-5H3,(H,36,39)(H,37,40);1H/t21?,27-,28+,30?;/m0./s1. The maximum atomic E-state index is 14.4. The van der Waals surface area contributed by atoms with Crippen molar-refractivity contribution in [1.82, 2.24) is 20.9 Å². The molecule has 1 saturated heterocycles. The Morgan fingerprint density at radius 1 is 0.977 bits per heavy atom. The molecule has 4 atom stereocenters. The molecule has 1 fully saturated rings. The number of benzene rings is 3. The van der Waals surface area contributed by atoms with Crippen molar-refractivity contribution in [3.05, 3.63) is 101 Å². The summed E-state index contributed by atoms with van der Waals surface area (Å²) in [6, 6.07) is 22.7. The van der Waals surface area contributed by atoms with Crippen LogP contribution in [0.2, 0.25) is 0 Å². The Morgan fingerprint density at radius 2 is 1.58 bits per heavy atom. The molecule has 0 aromatic heterocycles. The molecule has 2 heterocycles. The molecule has 2 aliphatic rings. The minimum atomic E-state index is -0.811. The predicted octanol–water partition coefficient (Wildman–Crippen LogP) is 4.34. The van der Waals surface area contributed by atoms with Crippen molar-refractivity contribution in [2.75, 3.05) is 14.2 Å². The summed E-state index contributed by atoms with van der Waals surface area (Å²) in [5.74, 6) is -0.0644. The lowest BCUT2D eigenvalue weighted by atomic mass is 9.81. The maximum Gasteiger partial charge on any atom is 0.246 e. The van der Waals surface area contributed by atoms with Gasteiger partial charge in [0.25, 0.3) is 0 Å². The quantitative estimate of drug-likeness (QED) is 0.355. The van der Waals surface area contributed by atoms with Crippen molar-refractivity contribution < 1.29 is 19.1 Å². The Balaban J connectivity index is 0.00000423. The van der Waals surface area contributed by atoms with Gasteiger partial charge in [0.15, 0.2) is 0 Å². The van der Waals surface area contributed by atoms with E-state index in [1.54, 1.807) is 26.0 Å². The summed E-state index contributed by atoms with van der Waals surface area (Å²) in [5.41, 5.74) is 3.27. The Bertz CT molecular complexity index is 1410. The van der Waals surface area contributed by atoms with E-state index < -0.39 is 29.6 Å². The van der Waals surface area contributed by atoms with Gasteiger partial charge >= 0.3 is 0 Å². The summed E-state index contributed by atoms with van der Waals surface area (Å²) in [5, 5.41) is 9.20. The zero-order valence-electron chi connectivity index (χ0n) is 25.3. The zero-order valence-corrected chi connectivity index (χ0v) is 26.1. The minimum absolute atomic E-state index is 0. The van der Waals surface area contributed by atoms with Crippen LogP contribution in [0.15, 0.2) is 78.9 Å². The number of hydrogen-bond acceptors (Lipinski definition) is 5. The van der Waals surface area contributed by atoms with Gasteiger partial charge in [0.05, 0.1) is 25.2 Å². The highest BCUT2D eigenvalue weighted by Crippen LogP contribution is 2.50. The topological polar surface area (TPSA) is 99.8 Å². The van der Waals surface area contributed by atoms with E-state index in [1.807, 2.05) is 92.7 Å². The number of halogens is 1. The van der Waals surface area contributed by atoms with Crippen LogP contribution in [0.5, 0.6) is 5.75 Å². The molecule has 228 valence electrons. The number of amides is 3. The summed E-state index contributed by atoms with van der Waals surface area (Å²) in [6.45, 7) is 5.83. The number of hydrogen-bond donors (Lipinski definition) is 3. The highest BCUT2D eigenvalue weighted by Gasteiger charge is 2.55. The number of ether oxygens (including phenoxy) is 1. The number of nitrogens with zero attached hydrogens (tertiary/aromatic N) is 1. The molecule has 2 aliphatic heterocycles. The molecule has 9 heteroatoms. The van der Waals surface area contributed by atoms with Gasteiger partial charge in [0.1, 0.15) is 17.8 Å². The van der Waals surface area contributed by atoms with Crippen LogP contribution < -0.4 is 20.7 Å². The van der Waals surface area contributed by atoms with Gasteiger partial charge in [-0.05, 0) is 60.2 Å². The smallest absolute Gasteiger partial charge is 0.246 e. The molecule has 3 aromatic rings. The fraction of sp³-hybridized carbons (Fsp3) is 0.382. The van der Waals surface area contributed by atoms with Gasteiger partial charge in [-0.1, -0.05) is 80.6 Å². The van der Waals surface area contributed by atoms with E-state index in [-0.39, 0.29) is 36.2 Å². The third-order valence-electron chi connectivity index (χ3n) is 8.71. The molecule has 43 heavy (non-hydrogen) atoms. The van der Waals surface area contributed by atoms with Crippen LogP contribution in [0, 0.1) is 5.41 Å². The van der Waals surface area contributed by atoms with Crippen LogP contribution >= 0.6 is 12.4 Å². The summed E-state index contributed by atoms with van der Waals surface area (Å²) < 4.78 is 5.55. The van der Waals surface area contributed by atoms with E-state index in [4.69, 9.17) is 4.74 Å². The van der Waals surface area contributed by atoms with Crippen LogP contribution in [0.1, 0.15) is 61.5 Å². The lowest BCUT2D eigenvalue weighted by Crippen LogP contribution is -2.57. The summed E-state index contributed by atoms with van der Waals surface area (Å²) in [4.78, 5) is 43.5. The van der Waals surface area contributed by atoms with E-state index in [0.717, 1.165) is 22.3 Å². The van der Waals surface area contributed by atoms with E-state index in [9.17, 15) is 14.4 Å². The van der Waals surface area contributed by atoms with Crippen LogP contribution in [0.25, 0.3) is 0 Å². The number of fused-ring (bicyclic) bond motifs is 3. The van der Waals surface area contributed by atoms with Crippen LogP contribution in [0.3, 0.4) is 0 Å². The summed E-state index contributed by atoms with van der Waals surface area (Å²) in [7, 11) is 3.32. The fourth-order valence-electron chi connectivity index (χ4n) is 6.38. The van der Waals surface area contributed by atoms with Crippen molar-refractivity contribution in [2.24, 2.45) is 5.41 Å². The first-order valence-electron chi connectivity index (χ1n) is 14.5. The summed E-state index contributed by atoms with van der Waals surface area (Å²) >= 11 is 0. The van der Waals surface area contributed by atoms with E-state index in [0.29, 0.717) is 18.6 Å². The van der Waals surface area contributed by atoms with Crippen molar-refractivity contribution in [3.63, 3.8) is 0 Å². The summed E-state index contributed by atoms with van der Waals surface area (Å²) in [6.07, 6.45) is 0.921. The Morgan fingerprint density at radius 3 is 2.14 bits per heavy atom. The zero-order chi connectivity index (χ0) is 30.0. The largest absolute Gasteiger partial charge is 0.497 e. The first kappa shape index (κ1) is 32.0. The molecular formula is C34H41ClN4O4. The molecular weight excluding hydrogens is 564 g/mol. The Hall–Kier alpha value is -3.88. The molecule has 0 spiro atoms. The fourth-order valence-corrected chi connectivity index (χ4v) is 6.38. The minimum Gasteiger partial charge on any atom is -0.497 e. The molecule has 5 rings (SSSR count). The van der Waals surface area contributed by atoms with Gasteiger partial charge in [-0.3, -0.25) is 14.4 Å². The van der Waals surface area contributed by atoms with Gasteiger partial charge in [0, 0.05) is 6.42 Å². The molecule has 3 N–H and O–H groups in total. The highest BCUT2D eigenvalue weighted by molar-refractivity contribution is 5.95. The molecule has 0 saturated carbocycles. The molecule has 3 aromatic carbocycles. The van der Waals surface area contributed by atoms with Crippen LogP contribution in [0.4, 0.5) is 0 Å². The molecule has 0 radical (unpaired) electrons. The van der Waals surface area contributed by atoms with Gasteiger partial charge in [-0.25, -0.2) is 0 Å². The lowest BCUT2D eigenvalue weighted by Gasteiger charge is -2.35. The average molecular weight is 605 g/mol. The maximum absolute atomic E-state index is 14.4. The number of carbonyl (C=O) groups excluding carboxylic acids is 3. The van der Waals surface area contributed by atoms with Crippen molar-refractivity contribution in [1.29, 1.82) is 0 Å². The molecule has 8 nitrogen and oxygen atoms in total. The van der Waals surface area contributed by atoms with Gasteiger partial charge in [0.2, 0.25) is 17.7 Å². The number of likely N-dealkylation sites (N-methyl/N-ethyl adjacent to an activating group) is 1.